The molecule has 2 nitrogen and oxygen atoms in total. The van der Waals surface area contributed by atoms with Gasteiger partial charge in [-0.15, -0.1) is 6.58 Å². The molecule has 0 heterocycles. The third kappa shape index (κ3) is 4.38. The number of nitrogens with zero attached hydrogens (tertiary/aromatic N) is 1. The molecular formula is C11H17F6NO. The van der Waals surface area contributed by atoms with Crippen molar-refractivity contribution in [2.24, 2.45) is 0 Å². The lowest BCUT2D eigenvalue weighted by atomic mass is 10.0. The Bertz CT molecular complexity index is 283. The van der Waals surface area contributed by atoms with Gasteiger partial charge in [-0.05, 0) is 20.3 Å². The molecule has 0 amide bonds. The second kappa shape index (κ2) is 6.13. The Balaban J connectivity index is 5.25. The van der Waals surface area contributed by atoms with E-state index >= 15 is 0 Å². The molecule has 114 valence electrons. The molecule has 0 aliphatic heterocycles. The summed E-state index contributed by atoms with van der Waals surface area (Å²) in [5.41, 5.74) is -4.73. The Kier molecular flexibility index (Phi) is 5.88. The number of aliphatic hydroxyl groups is 1. The van der Waals surface area contributed by atoms with E-state index in [2.05, 4.69) is 6.58 Å². The second-order valence-corrected chi connectivity index (χ2v) is 4.50. The highest BCUT2D eigenvalue weighted by Gasteiger charge is 2.70. The first-order chi connectivity index (χ1) is 8.37. The number of hydrogen-bond donors (Lipinski definition) is 1. The number of rotatable bonds is 6. The van der Waals surface area contributed by atoms with Crippen LogP contribution in [0, 0.1) is 0 Å². The van der Waals surface area contributed by atoms with Crippen LogP contribution in [0.2, 0.25) is 0 Å². The van der Waals surface area contributed by atoms with Crippen LogP contribution in [-0.4, -0.2) is 47.1 Å². The monoisotopic (exact) mass is 293 g/mol. The maximum absolute atomic E-state index is 12.5. The molecular weight excluding hydrogens is 276 g/mol. The predicted molar refractivity (Wildman–Crippen MR) is 58.6 cm³/mol. The molecule has 1 N–H and O–H groups in total. The summed E-state index contributed by atoms with van der Waals surface area (Å²) in [5.74, 6) is 0. The van der Waals surface area contributed by atoms with Gasteiger partial charge < -0.3 is 5.11 Å². The fourth-order valence-corrected chi connectivity index (χ4v) is 1.41. The normalized spacial score (nSPS) is 14.3. The van der Waals surface area contributed by atoms with Crippen LogP contribution in [0.5, 0.6) is 0 Å². The van der Waals surface area contributed by atoms with Gasteiger partial charge in [0.1, 0.15) is 0 Å². The summed E-state index contributed by atoms with van der Waals surface area (Å²) >= 11 is 0. The molecule has 0 unspecified atom stereocenters. The molecule has 0 rings (SSSR count). The highest BCUT2D eigenvalue weighted by molar-refractivity contribution is 4.97. The van der Waals surface area contributed by atoms with E-state index in [1.54, 1.807) is 0 Å². The quantitative estimate of drug-likeness (QED) is 0.601. The van der Waals surface area contributed by atoms with Crippen LogP contribution in [-0.2, 0) is 0 Å². The van der Waals surface area contributed by atoms with E-state index in [0.29, 0.717) is 0 Å². The van der Waals surface area contributed by atoms with Crippen LogP contribution >= 0.6 is 0 Å². The van der Waals surface area contributed by atoms with E-state index in [1.165, 1.54) is 19.9 Å². The van der Waals surface area contributed by atoms with Crippen LogP contribution < -0.4 is 0 Å². The summed E-state index contributed by atoms with van der Waals surface area (Å²) in [6.45, 7) is 4.67. The van der Waals surface area contributed by atoms with Crippen molar-refractivity contribution in [3.8, 4) is 0 Å². The van der Waals surface area contributed by atoms with Gasteiger partial charge in [0.25, 0.3) is 5.60 Å². The Labute approximate surface area is 107 Å². The SMILES string of the molecule is C=CCCN(CC(O)(C(F)(F)F)C(F)(F)F)C(C)C. The largest absolute Gasteiger partial charge is 0.427 e. The Morgan fingerprint density at radius 3 is 1.79 bits per heavy atom. The van der Waals surface area contributed by atoms with Gasteiger partial charge in [0.15, 0.2) is 0 Å². The molecule has 0 saturated carbocycles. The number of alkyl halides is 6. The maximum Gasteiger partial charge on any atom is 0.427 e. The molecule has 0 atom stereocenters. The van der Waals surface area contributed by atoms with E-state index in [1.807, 2.05) is 0 Å². The van der Waals surface area contributed by atoms with Crippen LogP contribution in [0.1, 0.15) is 20.3 Å². The van der Waals surface area contributed by atoms with Gasteiger partial charge in [-0.25, -0.2) is 0 Å². The molecule has 8 heteroatoms. The summed E-state index contributed by atoms with van der Waals surface area (Å²) in [7, 11) is 0. The number of hydrogen-bond acceptors (Lipinski definition) is 2. The van der Waals surface area contributed by atoms with Crippen molar-refractivity contribution in [1.82, 2.24) is 4.90 Å². The molecule has 0 saturated heterocycles. The zero-order valence-corrected chi connectivity index (χ0v) is 10.6. The highest BCUT2D eigenvalue weighted by Crippen LogP contribution is 2.43. The molecule has 0 aliphatic rings. The van der Waals surface area contributed by atoms with Crippen molar-refractivity contribution in [3.63, 3.8) is 0 Å². The Morgan fingerprint density at radius 1 is 1.11 bits per heavy atom. The van der Waals surface area contributed by atoms with Crippen molar-refractivity contribution in [2.45, 2.75) is 44.3 Å². The summed E-state index contributed by atoms with van der Waals surface area (Å²) in [6.07, 6.45) is -9.96. The fraction of sp³-hybridized carbons (Fsp3) is 0.818. The van der Waals surface area contributed by atoms with Gasteiger partial charge in [-0.3, -0.25) is 4.90 Å². The summed E-state index contributed by atoms with van der Waals surface area (Å²) < 4.78 is 75.2. The minimum absolute atomic E-state index is 0.0460. The average molecular weight is 293 g/mol. The average Bonchev–Trinajstić information content (AvgIpc) is 2.20. The lowest BCUT2D eigenvalue weighted by molar-refractivity contribution is -0.371. The molecule has 0 aromatic carbocycles. The summed E-state index contributed by atoms with van der Waals surface area (Å²) in [5, 5.41) is 9.09. The number of halogens is 6. The van der Waals surface area contributed by atoms with Crippen molar-refractivity contribution in [2.75, 3.05) is 13.1 Å². The molecule has 0 spiro atoms. The van der Waals surface area contributed by atoms with E-state index in [-0.39, 0.29) is 13.0 Å². The minimum Gasteiger partial charge on any atom is -0.373 e. The Morgan fingerprint density at radius 2 is 1.53 bits per heavy atom. The smallest absolute Gasteiger partial charge is 0.373 e. The minimum atomic E-state index is -5.79. The summed E-state index contributed by atoms with van der Waals surface area (Å²) in [4.78, 5) is 0.919. The van der Waals surface area contributed by atoms with E-state index in [4.69, 9.17) is 5.11 Å². The highest BCUT2D eigenvalue weighted by atomic mass is 19.4. The van der Waals surface area contributed by atoms with Crippen molar-refractivity contribution >= 4 is 0 Å². The Hall–Kier alpha value is -0.760. The van der Waals surface area contributed by atoms with Gasteiger partial charge in [-0.2, -0.15) is 26.3 Å². The van der Waals surface area contributed by atoms with Gasteiger partial charge >= 0.3 is 12.4 Å². The van der Waals surface area contributed by atoms with Crippen LogP contribution in [0.4, 0.5) is 26.3 Å². The third-order valence-electron chi connectivity index (χ3n) is 2.72. The van der Waals surface area contributed by atoms with Gasteiger partial charge in [0.05, 0.1) is 0 Å². The van der Waals surface area contributed by atoms with Gasteiger partial charge in [-0.1, -0.05) is 6.08 Å². The molecule has 0 aromatic heterocycles. The zero-order chi connectivity index (χ0) is 15.5. The lowest BCUT2D eigenvalue weighted by Gasteiger charge is -2.38. The third-order valence-corrected chi connectivity index (χ3v) is 2.72. The maximum atomic E-state index is 12.5. The van der Waals surface area contributed by atoms with Gasteiger partial charge in [0, 0.05) is 19.1 Å². The van der Waals surface area contributed by atoms with Crippen molar-refractivity contribution in [3.05, 3.63) is 12.7 Å². The zero-order valence-electron chi connectivity index (χ0n) is 10.6. The summed E-state index contributed by atoms with van der Waals surface area (Å²) in [6, 6.07) is -0.573. The molecule has 0 aliphatic carbocycles. The predicted octanol–water partition coefficient (Wildman–Crippen LogP) is 3.13. The molecule has 0 fully saturated rings. The second-order valence-electron chi connectivity index (χ2n) is 4.50. The van der Waals surface area contributed by atoms with Crippen molar-refractivity contribution in [1.29, 1.82) is 0 Å². The first kappa shape index (κ1) is 18.2. The topological polar surface area (TPSA) is 23.5 Å². The van der Waals surface area contributed by atoms with E-state index in [9.17, 15) is 26.3 Å². The lowest BCUT2D eigenvalue weighted by Crippen LogP contribution is -2.63. The van der Waals surface area contributed by atoms with Crippen LogP contribution in [0.3, 0.4) is 0 Å². The first-order valence-electron chi connectivity index (χ1n) is 5.57. The first-order valence-corrected chi connectivity index (χ1v) is 5.57. The molecule has 0 aromatic rings. The van der Waals surface area contributed by atoms with Gasteiger partial charge in [0.2, 0.25) is 0 Å². The van der Waals surface area contributed by atoms with E-state index < -0.39 is 30.5 Å². The molecule has 0 bridgehead atoms. The van der Waals surface area contributed by atoms with Crippen LogP contribution in [0.15, 0.2) is 12.7 Å². The standard InChI is InChI=1S/C11H17F6NO/c1-4-5-6-18(8(2)3)7-9(19,10(12,13)14)11(15,16)17/h4,8,19H,1,5-7H2,2-3H3. The fourth-order valence-electron chi connectivity index (χ4n) is 1.41. The molecule has 0 radical (unpaired) electrons. The van der Waals surface area contributed by atoms with E-state index in [0.717, 1.165) is 4.90 Å². The van der Waals surface area contributed by atoms with Crippen LogP contribution in [0.25, 0.3) is 0 Å². The van der Waals surface area contributed by atoms with Crippen molar-refractivity contribution < 1.29 is 31.4 Å². The molecule has 19 heavy (non-hydrogen) atoms.